The second-order valence-electron chi connectivity index (χ2n) is 6.76. The molecule has 1 amide bonds. The first-order valence-electron chi connectivity index (χ1n) is 8.47. The first-order chi connectivity index (χ1) is 11.4. The minimum Gasteiger partial charge on any atom is -0.368 e. The van der Waals surface area contributed by atoms with Gasteiger partial charge < -0.3 is 9.80 Å². The predicted octanol–water partition coefficient (Wildman–Crippen LogP) is 1.01. The molecule has 0 aromatic heterocycles. The van der Waals surface area contributed by atoms with E-state index in [1.165, 1.54) is 9.99 Å². The lowest BCUT2D eigenvalue weighted by Crippen LogP contribution is -2.59. The molecule has 6 nitrogen and oxygen atoms in total. The number of anilines is 1. The molecule has 0 atom stereocenters. The molecule has 0 aliphatic carbocycles. The largest absolute Gasteiger partial charge is 0.368 e. The van der Waals surface area contributed by atoms with Crippen molar-refractivity contribution < 1.29 is 13.2 Å². The minimum atomic E-state index is -3.23. The van der Waals surface area contributed by atoms with Crippen molar-refractivity contribution in [3.8, 4) is 0 Å². The lowest BCUT2D eigenvalue weighted by atomic mass is 10.0. The van der Waals surface area contributed by atoms with Crippen LogP contribution in [0.25, 0.3) is 0 Å². The molecule has 2 aliphatic rings. The van der Waals surface area contributed by atoms with Crippen molar-refractivity contribution in [3.05, 3.63) is 30.3 Å². The lowest BCUT2D eigenvalue weighted by molar-refractivity contribution is -0.139. The third kappa shape index (κ3) is 3.28. The molecule has 0 unspecified atom stereocenters. The van der Waals surface area contributed by atoms with Gasteiger partial charge in [-0.25, -0.2) is 12.7 Å². The van der Waals surface area contributed by atoms with Crippen LogP contribution in [0.1, 0.15) is 13.8 Å². The number of benzene rings is 1. The quantitative estimate of drug-likeness (QED) is 0.812. The number of hydrogen-bond donors (Lipinski definition) is 0. The Balaban J connectivity index is 1.50. The van der Waals surface area contributed by atoms with Crippen molar-refractivity contribution in [3.63, 3.8) is 0 Å². The van der Waals surface area contributed by atoms with Gasteiger partial charge in [-0.3, -0.25) is 4.79 Å². The summed E-state index contributed by atoms with van der Waals surface area (Å²) < 4.78 is 25.5. The molecule has 2 fully saturated rings. The molecule has 7 heteroatoms. The summed E-state index contributed by atoms with van der Waals surface area (Å²) in [6.07, 6.45) is 0. The summed E-state index contributed by atoms with van der Waals surface area (Å²) in [5, 5.41) is -0.428. The third-order valence-electron chi connectivity index (χ3n) is 4.87. The number of rotatable bonds is 4. The molecule has 0 saturated carbocycles. The van der Waals surface area contributed by atoms with Crippen molar-refractivity contribution in [1.29, 1.82) is 0 Å². The first kappa shape index (κ1) is 17.2. The van der Waals surface area contributed by atoms with Crippen molar-refractivity contribution in [2.75, 3.05) is 44.2 Å². The second-order valence-corrected chi connectivity index (χ2v) is 9.24. The maximum absolute atomic E-state index is 12.6. The Morgan fingerprint density at radius 1 is 1.04 bits per heavy atom. The fourth-order valence-corrected chi connectivity index (χ4v) is 4.55. The molecule has 1 aromatic carbocycles. The van der Waals surface area contributed by atoms with Gasteiger partial charge >= 0.3 is 0 Å². The summed E-state index contributed by atoms with van der Waals surface area (Å²) in [6.45, 7) is 7.03. The van der Waals surface area contributed by atoms with E-state index in [0.717, 1.165) is 13.1 Å². The van der Waals surface area contributed by atoms with Gasteiger partial charge in [-0.05, 0) is 26.0 Å². The Morgan fingerprint density at radius 3 is 2.17 bits per heavy atom. The van der Waals surface area contributed by atoms with Crippen LogP contribution in [0.3, 0.4) is 0 Å². The van der Waals surface area contributed by atoms with Gasteiger partial charge in [0, 0.05) is 45.0 Å². The Labute approximate surface area is 144 Å². The van der Waals surface area contributed by atoms with Gasteiger partial charge in [-0.2, -0.15) is 0 Å². The fourth-order valence-electron chi connectivity index (χ4n) is 3.18. The molecular formula is C17H25N3O3S. The molecule has 0 radical (unpaired) electrons. The highest BCUT2D eigenvalue weighted by Crippen LogP contribution is 2.25. The van der Waals surface area contributed by atoms with E-state index in [2.05, 4.69) is 17.0 Å². The second kappa shape index (κ2) is 6.72. The molecule has 0 spiro atoms. The van der Waals surface area contributed by atoms with E-state index in [1.807, 2.05) is 23.1 Å². The smallest absolute Gasteiger partial charge is 0.228 e. The van der Waals surface area contributed by atoms with Gasteiger partial charge in [0.05, 0.1) is 11.2 Å². The van der Waals surface area contributed by atoms with E-state index in [-0.39, 0.29) is 11.8 Å². The number of sulfonamides is 1. The molecule has 0 N–H and O–H groups in total. The predicted molar refractivity (Wildman–Crippen MR) is 94.4 cm³/mol. The summed E-state index contributed by atoms with van der Waals surface area (Å²) in [7, 11) is -3.23. The van der Waals surface area contributed by atoms with Crippen LogP contribution in [0, 0.1) is 5.92 Å². The van der Waals surface area contributed by atoms with E-state index >= 15 is 0 Å². The average Bonchev–Trinajstić information content (AvgIpc) is 2.54. The van der Waals surface area contributed by atoms with Crippen LogP contribution in [0.5, 0.6) is 0 Å². The highest BCUT2D eigenvalue weighted by atomic mass is 32.2. The van der Waals surface area contributed by atoms with Crippen LogP contribution >= 0.6 is 0 Å². The molecule has 24 heavy (non-hydrogen) atoms. The van der Waals surface area contributed by atoms with Crippen LogP contribution in [-0.2, 0) is 14.8 Å². The van der Waals surface area contributed by atoms with Crippen LogP contribution in [0.2, 0.25) is 0 Å². The van der Waals surface area contributed by atoms with E-state index in [4.69, 9.17) is 0 Å². The van der Waals surface area contributed by atoms with E-state index in [1.54, 1.807) is 13.8 Å². The Morgan fingerprint density at radius 2 is 1.62 bits per heavy atom. The standard InChI is InChI=1S/C17H25N3O3S/c1-14(2)24(22,23)20-12-15(13-20)17(21)19-10-8-18(9-11-19)16-6-4-3-5-7-16/h3-7,14-15H,8-13H2,1-2H3. The van der Waals surface area contributed by atoms with Crippen LogP contribution in [0.4, 0.5) is 5.69 Å². The molecule has 0 bridgehead atoms. The van der Waals surface area contributed by atoms with Crippen molar-refractivity contribution in [1.82, 2.24) is 9.21 Å². The maximum atomic E-state index is 12.6. The topological polar surface area (TPSA) is 60.9 Å². The first-order valence-corrected chi connectivity index (χ1v) is 9.97. The lowest BCUT2D eigenvalue weighted by Gasteiger charge is -2.43. The summed E-state index contributed by atoms with van der Waals surface area (Å²) in [5.74, 6) is -0.0836. The molecule has 2 saturated heterocycles. The number of carbonyl (C=O) groups is 1. The number of nitrogens with zero attached hydrogens (tertiary/aromatic N) is 3. The van der Waals surface area contributed by atoms with Gasteiger partial charge in [-0.1, -0.05) is 18.2 Å². The zero-order valence-electron chi connectivity index (χ0n) is 14.3. The molecule has 132 valence electrons. The van der Waals surface area contributed by atoms with Crippen molar-refractivity contribution >= 4 is 21.6 Å². The summed E-state index contributed by atoms with van der Waals surface area (Å²) in [5.41, 5.74) is 1.18. The van der Waals surface area contributed by atoms with E-state index < -0.39 is 15.3 Å². The Hall–Kier alpha value is -1.60. The van der Waals surface area contributed by atoms with Crippen molar-refractivity contribution in [2.45, 2.75) is 19.1 Å². The van der Waals surface area contributed by atoms with Gasteiger partial charge in [0.1, 0.15) is 0 Å². The van der Waals surface area contributed by atoms with Crippen molar-refractivity contribution in [2.24, 2.45) is 5.92 Å². The zero-order chi connectivity index (χ0) is 17.3. The number of piperazine rings is 1. The minimum absolute atomic E-state index is 0.0953. The van der Waals surface area contributed by atoms with E-state index in [0.29, 0.717) is 26.2 Å². The van der Waals surface area contributed by atoms with Crippen LogP contribution in [0.15, 0.2) is 30.3 Å². The van der Waals surface area contributed by atoms with E-state index in [9.17, 15) is 13.2 Å². The number of hydrogen-bond acceptors (Lipinski definition) is 4. The van der Waals surface area contributed by atoms with Gasteiger partial charge in [0.2, 0.25) is 15.9 Å². The van der Waals surface area contributed by atoms with Gasteiger partial charge in [-0.15, -0.1) is 0 Å². The zero-order valence-corrected chi connectivity index (χ0v) is 15.1. The number of carbonyl (C=O) groups excluding carboxylic acids is 1. The highest BCUT2D eigenvalue weighted by Gasteiger charge is 2.42. The van der Waals surface area contributed by atoms with Gasteiger partial charge in [0.15, 0.2) is 0 Å². The molecule has 1 aromatic rings. The Bertz CT molecular complexity index is 676. The molecule has 2 aliphatic heterocycles. The molecule has 2 heterocycles. The Kier molecular flexibility index (Phi) is 4.83. The average molecular weight is 351 g/mol. The summed E-state index contributed by atoms with van der Waals surface area (Å²) in [6, 6.07) is 10.2. The van der Waals surface area contributed by atoms with Crippen LogP contribution < -0.4 is 4.90 Å². The number of amides is 1. The monoisotopic (exact) mass is 351 g/mol. The normalized spacial score (nSPS) is 20.3. The summed E-state index contributed by atoms with van der Waals surface area (Å²) >= 11 is 0. The molecule has 3 rings (SSSR count). The molecular weight excluding hydrogens is 326 g/mol. The fraction of sp³-hybridized carbons (Fsp3) is 0.588. The summed E-state index contributed by atoms with van der Waals surface area (Å²) in [4.78, 5) is 16.7. The third-order valence-corrected chi connectivity index (χ3v) is 7.07. The van der Waals surface area contributed by atoms with Gasteiger partial charge in [0.25, 0.3) is 0 Å². The maximum Gasteiger partial charge on any atom is 0.228 e. The van der Waals surface area contributed by atoms with Crippen LogP contribution in [-0.4, -0.2) is 68.0 Å². The number of para-hydroxylation sites is 1. The SMILES string of the molecule is CC(C)S(=O)(=O)N1CC(C(=O)N2CCN(c3ccccc3)CC2)C1. The highest BCUT2D eigenvalue weighted by molar-refractivity contribution is 7.89.